The van der Waals surface area contributed by atoms with Crippen molar-refractivity contribution in [2.24, 2.45) is 5.92 Å². The van der Waals surface area contributed by atoms with Gasteiger partial charge in [-0.15, -0.1) is 0 Å². The van der Waals surface area contributed by atoms with Gasteiger partial charge < -0.3 is 9.64 Å². The van der Waals surface area contributed by atoms with Crippen molar-refractivity contribution in [2.45, 2.75) is 26.1 Å². The quantitative estimate of drug-likeness (QED) is 0.605. The first-order valence-electron chi connectivity index (χ1n) is 5.47. The van der Waals surface area contributed by atoms with Crippen LogP contribution in [0.25, 0.3) is 0 Å². The number of hydrogen-bond donors (Lipinski definition) is 0. The van der Waals surface area contributed by atoms with E-state index in [0.29, 0.717) is 18.3 Å². The van der Waals surface area contributed by atoms with Crippen LogP contribution < -0.4 is 4.90 Å². The summed E-state index contributed by atoms with van der Waals surface area (Å²) in [5, 5.41) is 0.168. The minimum Gasteiger partial charge on any atom is -0.349 e. The fourth-order valence-electron chi connectivity index (χ4n) is 1.94. The Hall–Kier alpha value is -1.20. The molecule has 1 aromatic heterocycles. The molecule has 0 bridgehead atoms. The van der Waals surface area contributed by atoms with Gasteiger partial charge in [-0.25, -0.2) is 9.97 Å². The highest BCUT2D eigenvalue weighted by Gasteiger charge is 2.36. The summed E-state index contributed by atoms with van der Waals surface area (Å²) in [5.41, 5.74) is 0. The molecule has 0 amide bonds. The molecule has 2 unspecified atom stereocenters. The van der Waals surface area contributed by atoms with Crippen LogP contribution in [-0.2, 0) is 9.53 Å². The van der Waals surface area contributed by atoms with E-state index in [-0.39, 0.29) is 11.3 Å². The molecule has 6 heteroatoms. The fourth-order valence-corrected chi connectivity index (χ4v) is 2.08. The summed E-state index contributed by atoms with van der Waals surface area (Å²) >= 11 is 5.76. The second-order valence-corrected chi connectivity index (χ2v) is 4.60. The summed E-state index contributed by atoms with van der Waals surface area (Å²) < 4.78 is 5.44. The van der Waals surface area contributed by atoms with Gasteiger partial charge in [0.05, 0.1) is 12.6 Å². The van der Waals surface area contributed by atoms with Gasteiger partial charge in [0.1, 0.15) is 5.82 Å². The molecule has 2 rings (SSSR count). The van der Waals surface area contributed by atoms with Gasteiger partial charge in [0.2, 0.25) is 5.28 Å². The highest BCUT2D eigenvalue weighted by molar-refractivity contribution is 6.28. The number of ether oxygens (including phenoxy) is 1. The lowest BCUT2D eigenvalue weighted by Gasteiger charge is -2.28. The third kappa shape index (κ3) is 2.40. The molecule has 0 radical (unpaired) electrons. The molecule has 1 aliphatic rings. The van der Waals surface area contributed by atoms with Crippen molar-refractivity contribution in [1.82, 2.24) is 9.97 Å². The summed E-state index contributed by atoms with van der Waals surface area (Å²) in [6.07, 6.45) is 1.76. The second-order valence-electron chi connectivity index (χ2n) is 4.26. The molecule has 0 aliphatic carbocycles. The highest BCUT2D eigenvalue weighted by atomic mass is 35.5. The van der Waals surface area contributed by atoms with Gasteiger partial charge >= 0.3 is 0 Å². The Kier molecular flexibility index (Phi) is 3.59. The molecular weight excluding hydrogens is 242 g/mol. The Morgan fingerprint density at radius 2 is 2.41 bits per heavy atom. The summed E-state index contributed by atoms with van der Waals surface area (Å²) in [7, 11) is 0. The molecule has 0 saturated carbocycles. The van der Waals surface area contributed by atoms with E-state index < -0.39 is 6.23 Å². The zero-order chi connectivity index (χ0) is 12.4. The number of carbonyl (C=O) groups excluding carboxylic acids is 1. The maximum absolute atomic E-state index is 11.0. The predicted molar refractivity (Wildman–Crippen MR) is 64.0 cm³/mol. The molecule has 0 N–H and O–H groups in total. The molecule has 0 spiro atoms. The number of nitrogens with zero attached hydrogens (tertiary/aromatic N) is 3. The van der Waals surface area contributed by atoms with Crippen molar-refractivity contribution < 1.29 is 9.53 Å². The second kappa shape index (κ2) is 4.98. The largest absolute Gasteiger partial charge is 0.349 e. The Morgan fingerprint density at radius 3 is 3.00 bits per heavy atom. The SMILES string of the molecule is CC(C)C1COC(C=O)N1c1ccnc(Cl)n1. The molecular formula is C11H14ClN3O2. The van der Waals surface area contributed by atoms with Crippen molar-refractivity contribution >= 4 is 23.7 Å². The number of anilines is 1. The first kappa shape index (κ1) is 12.3. The zero-order valence-corrected chi connectivity index (χ0v) is 10.5. The highest BCUT2D eigenvalue weighted by Crippen LogP contribution is 2.27. The van der Waals surface area contributed by atoms with Crippen LogP contribution in [0.1, 0.15) is 13.8 Å². The van der Waals surface area contributed by atoms with Gasteiger partial charge in [-0.05, 0) is 23.6 Å². The van der Waals surface area contributed by atoms with E-state index in [1.165, 1.54) is 0 Å². The van der Waals surface area contributed by atoms with Gasteiger partial charge in [-0.3, -0.25) is 4.79 Å². The molecule has 2 heterocycles. The summed E-state index contributed by atoms with van der Waals surface area (Å²) in [4.78, 5) is 20.8. The lowest BCUT2D eigenvalue weighted by Crippen LogP contribution is -2.41. The van der Waals surface area contributed by atoms with Crippen LogP contribution in [0.15, 0.2) is 12.3 Å². The Morgan fingerprint density at radius 1 is 1.65 bits per heavy atom. The van der Waals surface area contributed by atoms with Crippen molar-refractivity contribution in [1.29, 1.82) is 0 Å². The topological polar surface area (TPSA) is 55.3 Å². The normalized spacial score (nSPS) is 24.4. The van der Waals surface area contributed by atoms with Crippen LogP contribution in [0.2, 0.25) is 5.28 Å². The third-order valence-corrected chi connectivity index (χ3v) is 3.01. The lowest BCUT2D eigenvalue weighted by atomic mass is 10.0. The standard InChI is InChI=1S/C11H14ClN3O2/c1-7(2)8-6-17-10(5-16)15(8)9-3-4-13-11(12)14-9/h3-5,7-8,10H,6H2,1-2H3. The molecule has 92 valence electrons. The van der Waals surface area contributed by atoms with Crippen molar-refractivity contribution in [2.75, 3.05) is 11.5 Å². The van der Waals surface area contributed by atoms with Crippen LogP contribution in [-0.4, -0.2) is 35.1 Å². The third-order valence-electron chi connectivity index (χ3n) is 2.83. The van der Waals surface area contributed by atoms with E-state index in [0.717, 1.165) is 6.29 Å². The average Bonchev–Trinajstić information content (AvgIpc) is 2.72. The summed E-state index contributed by atoms with van der Waals surface area (Å²) in [6, 6.07) is 1.85. The number of aromatic nitrogens is 2. The predicted octanol–water partition coefficient (Wildman–Crippen LogP) is 1.52. The van der Waals surface area contributed by atoms with E-state index >= 15 is 0 Å². The van der Waals surface area contributed by atoms with Crippen LogP contribution in [0.3, 0.4) is 0 Å². The molecule has 2 atom stereocenters. The average molecular weight is 256 g/mol. The van der Waals surface area contributed by atoms with Gasteiger partial charge in [0.15, 0.2) is 12.5 Å². The van der Waals surface area contributed by atoms with Gasteiger partial charge in [0.25, 0.3) is 0 Å². The Bertz CT molecular complexity index is 413. The van der Waals surface area contributed by atoms with E-state index in [1.807, 2.05) is 4.90 Å². The van der Waals surface area contributed by atoms with Crippen molar-refractivity contribution in [3.05, 3.63) is 17.5 Å². The minimum atomic E-state index is -0.589. The Balaban J connectivity index is 2.34. The van der Waals surface area contributed by atoms with Crippen molar-refractivity contribution in [3.63, 3.8) is 0 Å². The smallest absolute Gasteiger partial charge is 0.224 e. The first-order valence-corrected chi connectivity index (χ1v) is 5.85. The van der Waals surface area contributed by atoms with Crippen LogP contribution >= 0.6 is 11.6 Å². The number of aldehydes is 1. The molecule has 1 saturated heterocycles. The molecule has 1 aromatic rings. The van der Waals surface area contributed by atoms with E-state index in [2.05, 4.69) is 23.8 Å². The summed E-state index contributed by atoms with van der Waals surface area (Å²) in [5.74, 6) is 0.979. The lowest BCUT2D eigenvalue weighted by molar-refractivity contribution is -0.115. The molecule has 5 nitrogen and oxygen atoms in total. The van der Waals surface area contributed by atoms with Gasteiger partial charge in [0, 0.05) is 6.20 Å². The van der Waals surface area contributed by atoms with Crippen LogP contribution in [0.5, 0.6) is 0 Å². The van der Waals surface area contributed by atoms with Crippen molar-refractivity contribution in [3.8, 4) is 0 Å². The van der Waals surface area contributed by atoms with Gasteiger partial charge in [-0.1, -0.05) is 13.8 Å². The van der Waals surface area contributed by atoms with E-state index in [4.69, 9.17) is 16.3 Å². The van der Waals surface area contributed by atoms with E-state index in [1.54, 1.807) is 12.3 Å². The number of hydrogen-bond acceptors (Lipinski definition) is 5. The molecule has 17 heavy (non-hydrogen) atoms. The first-order chi connectivity index (χ1) is 8.13. The number of carbonyl (C=O) groups is 1. The van der Waals surface area contributed by atoms with Crippen LogP contribution in [0.4, 0.5) is 5.82 Å². The monoisotopic (exact) mass is 255 g/mol. The Labute approximate surface area is 105 Å². The maximum atomic E-state index is 11.0. The minimum absolute atomic E-state index is 0.121. The van der Waals surface area contributed by atoms with Crippen LogP contribution in [0, 0.1) is 5.92 Å². The number of rotatable bonds is 3. The van der Waals surface area contributed by atoms with E-state index in [9.17, 15) is 4.79 Å². The summed E-state index contributed by atoms with van der Waals surface area (Å²) in [6.45, 7) is 4.68. The molecule has 0 aromatic carbocycles. The number of halogens is 1. The van der Waals surface area contributed by atoms with Gasteiger partial charge in [-0.2, -0.15) is 0 Å². The zero-order valence-electron chi connectivity index (χ0n) is 9.71. The molecule has 1 aliphatic heterocycles. The fraction of sp³-hybridized carbons (Fsp3) is 0.545. The maximum Gasteiger partial charge on any atom is 0.224 e. The molecule has 1 fully saturated rings.